The van der Waals surface area contributed by atoms with Gasteiger partial charge < -0.3 is 14.4 Å². The minimum absolute atomic E-state index is 0.0462. The van der Waals surface area contributed by atoms with Crippen molar-refractivity contribution in [2.75, 3.05) is 12.0 Å². The van der Waals surface area contributed by atoms with Crippen molar-refractivity contribution >= 4 is 23.2 Å². The van der Waals surface area contributed by atoms with Crippen molar-refractivity contribution in [3.05, 3.63) is 87.9 Å². The Balaban J connectivity index is 1.84. The van der Waals surface area contributed by atoms with Crippen molar-refractivity contribution in [1.82, 2.24) is 0 Å². The largest absolute Gasteiger partial charge is 0.493 e. The number of hydrogen-bond acceptors (Lipinski definition) is 3. The van der Waals surface area contributed by atoms with Crippen LogP contribution in [0.25, 0.3) is 0 Å². The molecule has 0 fully saturated rings. The maximum absolute atomic E-state index is 13.7. The van der Waals surface area contributed by atoms with Gasteiger partial charge in [0.2, 0.25) is 5.91 Å². The van der Waals surface area contributed by atoms with Crippen LogP contribution in [0.15, 0.2) is 60.7 Å². The first-order chi connectivity index (χ1) is 17.4. The Hall–Kier alpha value is -2.98. The number of carbonyl (C=O) groups is 1. The van der Waals surface area contributed by atoms with Crippen LogP contribution in [0.4, 0.5) is 5.69 Å². The van der Waals surface area contributed by atoms with E-state index in [0.717, 1.165) is 41.6 Å². The predicted molar refractivity (Wildman–Crippen MR) is 148 cm³/mol. The number of amides is 1. The number of anilines is 1. The summed E-state index contributed by atoms with van der Waals surface area (Å²) in [6, 6.07) is 19.9. The minimum Gasteiger partial charge on any atom is -0.493 e. The van der Waals surface area contributed by atoms with Gasteiger partial charge in [0.15, 0.2) is 11.5 Å². The molecule has 0 aliphatic carbocycles. The summed E-state index contributed by atoms with van der Waals surface area (Å²) in [5, 5.41) is 0.664. The van der Waals surface area contributed by atoms with Gasteiger partial charge >= 0.3 is 0 Å². The zero-order valence-corrected chi connectivity index (χ0v) is 22.6. The monoisotopic (exact) mass is 505 g/mol. The highest BCUT2D eigenvalue weighted by atomic mass is 35.5. The van der Waals surface area contributed by atoms with Crippen LogP contribution in [0.5, 0.6) is 11.5 Å². The van der Waals surface area contributed by atoms with E-state index in [9.17, 15) is 4.79 Å². The molecule has 3 aromatic carbocycles. The molecule has 4 nitrogen and oxygen atoms in total. The van der Waals surface area contributed by atoms with E-state index in [2.05, 4.69) is 51.1 Å². The van der Waals surface area contributed by atoms with Gasteiger partial charge in [0, 0.05) is 10.7 Å². The van der Waals surface area contributed by atoms with Gasteiger partial charge in [-0.2, -0.15) is 0 Å². The summed E-state index contributed by atoms with van der Waals surface area (Å²) < 4.78 is 11.9. The van der Waals surface area contributed by atoms with Crippen molar-refractivity contribution in [3.8, 4) is 11.5 Å². The lowest BCUT2D eigenvalue weighted by atomic mass is 9.86. The first kappa shape index (κ1) is 26.1. The summed E-state index contributed by atoms with van der Waals surface area (Å²) >= 11 is 6.23. The molecule has 0 aromatic heterocycles. The van der Waals surface area contributed by atoms with Gasteiger partial charge in [0.25, 0.3) is 0 Å². The van der Waals surface area contributed by atoms with Crippen LogP contribution in [-0.4, -0.2) is 19.1 Å². The minimum atomic E-state index is -0.303. The summed E-state index contributed by atoms with van der Waals surface area (Å²) in [7, 11) is 1.64. The number of methoxy groups -OCH3 is 1. The van der Waals surface area contributed by atoms with E-state index in [0.29, 0.717) is 28.9 Å². The van der Waals surface area contributed by atoms with Crippen LogP contribution in [0.2, 0.25) is 5.02 Å². The molecule has 5 heteroatoms. The van der Waals surface area contributed by atoms with E-state index in [1.54, 1.807) is 7.11 Å². The molecule has 2 unspecified atom stereocenters. The van der Waals surface area contributed by atoms with E-state index in [1.807, 2.05) is 42.2 Å². The zero-order valence-electron chi connectivity index (χ0n) is 21.9. The van der Waals surface area contributed by atoms with Crippen LogP contribution in [-0.2, 0) is 11.2 Å². The lowest BCUT2D eigenvalue weighted by Gasteiger charge is -2.38. The Morgan fingerprint density at radius 2 is 1.69 bits per heavy atom. The lowest BCUT2D eigenvalue weighted by molar-refractivity contribution is -0.118. The van der Waals surface area contributed by atoms with Crippen LogP contribution >= 0.6 is 11.6 Å². The summed E-state index contributed by atoms with van der Waals surface area (Å²) in [6.07, 6.45) is 3.52. The maximum Gasteiger partial charge on any atom is 0.232 e. The summed E-state index contributed by atoms with van der Waals surface area (Å²) in [5.41, 5.74) is 5.18. The predicted octanol–water partition coefficient (Wildman–Crippen LogP) is 8.11. The quantitative estimate of drug-likeness (QED) is 0.295. The molecule has 0 saturated heterocycles. The molecule has 190 valence electrons. The Labute approximate surface area is 220 Å². The average Bonchev–Trinajstić information content (AvgIpc) is 2.88. The van der Waals surface area contributed by atoms with Gasteiger partial charge in [-0.05, 0) is 84.3 Å². The van der Waals surface area contributed by atoms with Crippen LogP contribution in [0, 0.1) is 0 Å². The first-order valence-corrected chi connectivity index (χ1v) is 13.3. The number of halogens is 1. The summed E-state index contributed by atoms with van der Waals surface area (Å²) in [4.78, 5) is 15.6. The number of rotatable bonds is 9. The van der Waals surface area contributed by atoms with Gasteiger partial charge in [-0.1, -0.05) is 63.1 Å². The molecule has 3 atom stereocenters. The van der Waals surface area contributed by atoms with Crippen molar-refractivity contribution in [3.63, 3.8) is 0 Å². The molecule has 0 saturated carbocycles. The number of hydrogen-bond donors (Lipinski definition) is 0. The highest BCUT2D eigenvalue weighted by Gasteiger charge is 2.36. The molecule has 0 bridgehead atoms. The fourth-order valence-corrected chi connectivity index (χ4v) is 5.06. The van der Waals surface area contributed by atoms with Gasteiger partial charge in [0.1, 0.15) is 0 Å². The van der Waals surface area contributed by atoms with Crippen molar-refractivity contribution in [1.29, 1.82) is 0 Å². The molecule has 3 aromatic rings. The topological polar surface area (TPSA) is 38.8 Å². The Kier molecular flexibility index (Phi) is 8.25. The molecular weight excluding hydrogens is 470 g/mol. The molecular formula is C31H36ClNO3. The SMILES string of the molecule is CCCC(C)c1ccc(N2C(=O)Cc3cc(OC)c(O[C@H](C)CC)cc3C2c2ccc(Cl)cc2)cc1. The Morgan fingerprint density at radius 3 is 2.31 bits per heavy atom. The number of carbonyl (C=O) groups excluding carboxylic acids is 1. The molecule has 1 aliphatic heterocycles. The number of ether oxygens (including phenoxy) is 2. The van der Waals surface area contributed by atoms with Crippen LogP contribution in [0.3, 0.4) is 0 Å². The lowest BCUT2D eigenvalue weighted by Crippen LogP contribution is -2.41. The molecule has 0 spiro atoms. The normalized spacial score (nSPS) is 16.9. The van der Waals surface area contributed by atoms with Crippen LogP contribution < -0.4 is 14.4 Å². The van der Waals surface area contributed by atoms with E-state index >= 15 is 0 Å². The van der Waals surface area contributed by atoms with Crippen molar-refractivity contribution < 1.29 is 14.3 Å². The van der Waals surface area contributed by atoms with Gasteiger partial charge in [-0.15, -0.1) is 0 Å². The third-order valence-corrected chi connectivity index (χ3v) is 7.39. The second-order valence-corrected chi connectivity index (χ2v) is 10.2. The van der Waals surface area contributed by atoms with Crippen LogP contribution in [0.1, 0.15) is 81.2 Å². The highest BCUT2D eigenvalue weighted by Crippen LogP contribution is 2.44. The van der Waals surface area contributed by atoms with Crippen molar-refractivity contribution in [2.24, 2.45) is 0 Å². The Morgan fingerprint density at radius 1 is 1.00 bits per heavy atom. The zero-order chi connectivity index (χ0) is 25.8. The number of nitrogens with zero attached hydrogens (tertiary/aromatic N) is 1. The van der Waals surface area contributed by atoms with E-state index in [-0.39, 0.29) is 18.1 Å². The molecule has 36 heavy (non-hydrogen) atoms. The fraction of sp³-hybridized carbons (Fsp3) is 0.387. The third-order valence-electron chi connectivity index (χ3n) is 7.14. The second-order valence-electron chi connectivity index (χ2n) is 9.71. The Bertz CT molecular complexity index is 1190. The molecule has 1 heterocycles. The smallest absolute Gasteiger partial charge is 0.232 e. The molecule has 0 radical (unpaired) electrons. The number of benzene rings is 3. The van der Waals surface area contributed by atoms with Gasteiger partial charge in [-0.3, -0.25) is 4.79 Å². The maximum atomic E-state index is 13.7. The average molecular weight is 506 g/mol. The standard InChI is InChI=1S/C31H36ClNO3/c1-6-8-20(3)22-11-15-26(16-12-22)33-30(34)18-24-17-28(35-5)29(36-21(4)7-2)19-27(24)31(33)23-9-13-25(32)14-10-23/h9-17,19-21,31H,6-8,18H2,1-5H3/t20?,21-,31?/m1/s1. The third kappa shape index (κ3) is 5.39. The number of fused-ring (bicyclic) bond motifs is 1. The fourth-order valence-electron chi connectivity index (χ4n) is 4.94. The molecule has 4 rings (SSSR count). The van der Waals surface area contributed by atoms with Gasteiger partial charge in [0.05, 0.1) is 25.7 Å². The molecule has 0 N–H and O–H groups in total. The van der Waals surface area contributed by atoms with E-state index in [4.69, 9.17) is 21.1 Å². The first-order valence-electron chi connectivity index (χ1n) is 12.9. The summed E-state index contributed by atoms with van der Waals surface area (Å²) in [6.45, 7) is 8.60. The van der Waals surface area contributed by atoms with E-state index < -0.39 is 0 Å². The second kappa shape index (κ2) is 11.4. The molecule has 1 aliphatic rings. The van der Waals surface area contributed by atoms with E-state index in [1.165, 1.54) is 5.56 Å². The highest BCUT2D eigenvalue weighted by molar-refractivity contribution is 6.30. The van der Waals surface area contributed by atoms with Crippen molar-refractivity contribution in [2.45, 2.75) is 71.4 Å². The summed E-state index contributed by atoms with van der Waals surface area (Å²) in [5.74, 6) is 1.89. The molecule has 1 amide bonds. The van der Waals surface area contributed by atoms with Gasteiger partial charge in [-0.25, -0.2) is 0 Å².